The molecule has 2 N–H and O–H groups in total. The van der Waals surface area contributed by atoms with Gasteiger partial charge in [0.2, 0.25) is 5.78 Å². The van der Waals surface area contributed by atoms with E-state index in [1.54, 1.807) is 35.2 Å². The second kappa shape index (κ2) is 8.65. The first kappa shape index (κ1) is 19.0. The Morgan fingerprint density at radius 3 is 2.76 bits per heavy atom. The van der Waals surface area contributed by atoms with E-state index in [2.05, 4.69) is 11.9 Å². The molecule has 1 aromatic carbocycles. The van der Waals surface area contributed by atoms with Gasteiger partial charge in [-0.05, 0) is 37.1 Å². The fourth-order valence-electron chi connectivity index (χ4n) is 2.51. The molecule has 130 valence electrons. The number of aliphatic hydroxyl groups excluding tert-OH is 1. The predicted molar refractivity (Wildman–Crippen MR) is 103 cm³/mol. The van der Waals surface area contributed by atoms with Gasteiger partial charge in [0.15, 0.2) is 17.4 Å². The highest BCUT2D eigenvalue weighted by atomic mass is 32.1. The number of aromatic nitrogens is 1. The summed E-state index contributed by atoms with van der Waals surface area (Å²) in [5, 5.41) is 12.4. The van der Waals surface area contributed by atoms with Crippen LogP contribution >= 0.6 is 12.2 Å². The number of aryl methyl sites for hydroxylation is 2. The summed E-state index contributed by atoms with van der Waals surface area (Å²) in [5.74, 6) is -0.0928. The first-order valence-electron chi connectivity index (χ1n) is 8.08. The maximum atomic E-state index is 13.2. The number of nitrogens with one attached hydrogen (secondary N) is 1. The molecule has 0 aliphatic heterocycles. The molecule has 0 bridgehead atoms. The minimum Gasteiger partial charge on any atom is -0.391 e. The Bertz CT molecular complexity index is 802. The molecule has 0 saturated heterocycles. The van der Waals surface area contributed by atoms with E-state index in [1.807, 2.05) is 32.0 Å². The zero-order chi connectivity index (χ0) is 18.4. The molecule has 0 unspecified atom stereocenters. The molecule has 1 heterocycles. The minimum atomic E-state index is -0.677. The smallest absolute Gasteiger partial charge is 0.270 e. The normalized spacial score (nSPS) is 11.6. The van der Waals surface area contributed by atoms with Crippen LogP contribution in [0.4, 0.5) is 0 Å². The van der Waals surface area contributed by atoms with Gasteiger partial charge in [-0.3, -0.25) is 4.79 Å². The molecule has 5 heteroatoms. The minimum absolute atomic E-state index is 0.0928. The molecule has 0 aliphatic rings. The predicted octanol–water partition coefficient (Wildman–Crippen LogP) is 2.61. The Morgan fingerprint density at radius 1 is 1.36 bits per heavy atom. The van der Waals surface area contributed by atoms with Crippen LogP contribution in [-0.4, -0.2) is 22.4 Å². The third-order valence-electron chi connectivity index (χ3n) is 4.07. The molecule has 1 atom stereocenters. The lowest BCUT2D eigenvalue weighted by atomic mass is 9.99. The van der Waals surface area contributed by atoms with Crippen molar-refractivity contribution >= 4 is 23.0 Å². The lowest BCUT2D eigenvalue weighted by Crippen LogP contribution is -2.51. The van der Waals surface area contributed by atoms with Crippen molar-refractivity contribution in [1.82, 2.24) is 5.32 Å². The van der Waals surface area contributed by atoms with Crippen molar-refractivity contribution < 1.29 is 14.5 Å². The largest absolute Gasteiger partial charge is 0.391 e. The van der Waals surface area contributed by atoms with Crippen LogP contribution in [0.2, 0.25) is 0 Å². The van der Waals surface area contributed by atoms with Gasteiger partial charge < -0.3 is 10.4 Å². The van der Waals surface area contributed by atoms with Crippen molar-refractivity contribution in [3.63, 3.8) is 0 Å². The number of pyridine rings is 1. The molecule has 0 fully saturated rings. The Morgan fingerprint density at radius 2 is 2.12 bits per heavy atom. The van der Waals surface area contributed by atoms with Crippen LogP contribution in [0.5, 0.6) is 0 Å². The summed E-state index contributed by atoms with van der Waals surface area (Å²) in [6, 6.07) is 8.57. The van der Waals surface area contributed by atoms with E-state index in [9.17, 15) is 9.90 Å². The van der Waals surface area contributed by atoms with E-state index in [0.717, 1.165) is 11.1 Å². The maximum absolute atomic E-state index is 13.2. The van der Waals surface area contributed by atoms with Gasteiger partial charge >= 0.3 is 0 Å². The number of nitrogens with zero attached hydrogens (tertiary/aromatic N) is 1. The number of rotatable bonds is 7. The summed E-state index contributed by atoms with van der Waals surface area (Å²) in [5.41, 5.74) is 3.52. The van der Waals surface area contributed by atoms with Gasteiger partial charge in [-0.25, -0.2) is 0 Å². The van der Waals surface area contributed by atoms with E-state index in [0.29, 0.717) is 22.7 Å². The SMILES string of the molecule is C=CCNC(=S)[C@@H](C(=O)c1ccc(C)c(C)c1)[n+]1cccc(CO)c1. The quantitative estimate of drug-likeness (QED) is 0.347. The molecule has 0 radical (unpaired) electrons. The van der Waals surface area contributed by atoms with Crippen molar-refractivity contribution in [3.8, 4) is 0 Å². The Balaban J connectivity index is 2.45. The van der Waals surface area contributed by atoms with Gasteiger partial charge in [0.25, 0.3) is 6.04 Å². The number of hydrogen-bond donors (Lipinski definition) is 2. The lowest BCUT2D eigenvalue weighted by Gasteiger charge is -2.15. The molecule has 0 amide bonds. The average Bonchev–Trinajstić information content (AvgIpc) is 2.62. The first-order chi connectivity index (χ1) is 12.0. The van der Waals surface area contributed by atoms with Gasteiger partial charge in [-0.1, -0.05) is 30.4 Å². The van der Waals surface area contributed by atoms with Gasteiger partial charge in [0.05, 0.1) is 6.61 Å². The van der Waals surface area contributed by atoms with Crippen molar-refractivity contribution in [2.24, 2.45) is 0 Å². The van der Waals surface area contributed by atoms with E-state index >= 15 is 0 Å². The van der Waals surface area contributed by atoms with Crippen LogP contribution in [0, 0.1) is 13.8 Å². The first-order valence-corrected chi connectivity index (χ1v) is 8.49. The zero-order valence-electron chi connectivity index (χ0n) is 14.5. The zero-order valence-corrected chi connectivity index (χ0v) is 15.3. The van der Waals surface area contributed by atoms with E-state index in [1.165, 1.54) is 0 Å². The van der Waals surface area contributed by atoms with Crippen LogP contribution in [0.1, 0.15) is 33.1 Å². The van der Waals surface area contributed by atoms with Crippen molar-refractivity contribution in [2.45, 2.75) is 26.5 Å². The second-order valence-corrected chi connectivity index (χ2v) is 6.36. The Kier molecular flexibility index (Phi) is 6.56. The van der Waals surface area contributed by atoms with Gasteiger partial charge in [-0.15, -0.1) is 6.58 Å². The third kappa shape index (κ3) is 4.59. The molecule has 0 saturated carbocycles. The number of carbonyl (C=O) groups excluding carboxylic acids is 1. The van der Waals surface area contributed by atoms with Crippen LogP contribution in [0.25, 0.3) is 0 Å². The fraction of sp³-hybridized carbons (Fsp3) is 0.250. The number of thiocarbonyl (C=S) groups is 1. The molecular weight excluding hydrogens is 332 g/mol. The van der Waals surface area contributed by atoms with Gasteiger partial charge in [-0.2, -0.15) is 4.57 Å². The molecule has 25 heavy (non-hydrogen) atoms. The van der Waals surface area contributed by atoms with Crippen molar-refractivity contribution in [1.29, 1.82) is 0 Å². The molecule has 2 rings (SSSR count). The summed E-state index contributed by atoms with van der Waals surface area (Å²) in [7, 11) is 0. The molecule has 1 aromatic heterocycles. The number of carbonyl (C=O) groups is 1. The third-order valence-corrected chi connectivity index (χ3v) is 4.44. The van der Waals surface area contributed by atoms with E-state index in [4.69, 9.17) is 12.2 Å². The van der Waals surface area contributed by atoms with Crippen molar-refractivity contribution in [2.75, 3.05) is 6.54 Å². The summed E-state index contributed by atoms with van der Waals surface area (Å²) in [6.07, 6.45) is 5.22. The van der Waals surface area contributed by atoms with Crippen LogP contribution in [0.3, 0.4) is 0 Å². The number of ketones is 1. The highest BCUT2D eigenvalue weighted by molar-refractivity contribution is 7.80. The van der Waals surface area contributed by atoms with Crippen LogP contribution < -0.4 is 9.88 Å². The summed E-state index contributed by atoms with van der Waals surface area (Å²) in [6.45, 7) is 8.04. The fourth-order valence-corrected chi connectivity index (χ4v) is 2.82. The standard InChI is InChI=1S/C20H22N2O2S/c1-4-9-21-20(25)18(22-10-5-6-16(12-22)13-23)19(24)17-8-7-14(2)15(3)11-17/h4-8,10-12,18,23H,1,9,13H2,2-3H3/p+1/t18-/m1/s1. The van der Waals surface area contributed by atoms with Gasteiger partial charge in [0, 0.05) is 23.7 Å². The average molecular weight is 355 g/mol. The highest BCUT2D eigenvalue weighted by Crippen LogP contribution is 2.15. The number of Topliss-reactive ketones (excluding diaryl/α,β-unsaturated/α-hetero) is 1. The summed E-state index contributed by atoms with van der Waals surface area (Å²) < 4.78 is 1.74. The topological polar surface area (TPSA) is 53.2 Å². The summed E-state index contributed by atoms with van der Waals surface area (Å²) >= 11 is 5.47. The number of hydrogen-bond acceptors (Lipinski definition) is 3. The van der Waals surface area contributed by atoms with Crippen molar-refractivity contribution in [3.05, 3.63) is 77.6 Å². The molecule has 4 nitrogen and oxygen atoms in total. The second-order valence-electron chi connectivity index (χ2n) is 5.92. The van der Waals surface area contributed by atoms with Crippen LogP contribution in [0.15, 0.2) is 55.4 Å². The van der Waals surface area contributed by atoms with E-state index < -0.39 is 6.04 Å². The number of benzene rings is 1. The van der Waals surface area contributed by atoms with Crippen LogP contribution in [-0.2, 0) is 6.61 Å². The molecule has 2 aromatic rings. The van der Waals surface area contributed by atoms with E-state index in [-0.39, 0.29) is 12.4 Å². The monoisotopic (exact) mass is 355 g/mol. The van der Waals surface area contributed by atoms with Gasteiger partial charge in [0.1, 0.15) is 0 Å². The highest BCUT2D eigenvalue weighted by Gasteiger charge is 2.33. The summed E-state index contributed by atoms with van der Waals surface area (Å²) in [4.78, 5) is 13.6. The molecular formula is C20H23N2O2S+. The Labute approximate surface area is 153 Å². The lowest BCUT2D eigenvalue weighted by molar-refractivity contribution is -0.692. The maximum Gasteiger partial charge on any atom is 0.270 e. The molecule has 0 spiro atoms. The number of aliphatic hydroxyl groups is 1. The molecule has 0 aliphatic carbocycles. The Hall–Kier alpha value is -2.37.